The summed E-state index contributed by atoms with van der Waals surface area (Å²) in [6.45, 7) is 4.33. The van der Waals surface area contributed by atoms with E-state index in [4.69, 9.17) is 9.47 Å². The van der Waals surface area contributed by atoms with Crippen molar-refractivity contribution in [2.24, 2.45) is 0 Å². The zero-order valence-corrected chi connectivity index (χ0v) is 17.6. The van der Waals surface area contributed by atoms with Crippen LogP contribution in [-0.2, 0) is 0 Å². The van der Waals surface area contributed by atoms with Crippen molar-refractivity contribution in [3.8, 4) is 23.0 Å². The van der Waals surface area contributed by atoms with Crippen molar-refractivity contribution in [1.82, 2.24) is 30.1 Å². The number of fused-ring (bicyclic) bond motifs is 1. The molecule has 0 unspecified atom stereocenters. The lowest BCUT2D eigenvalue weighted by atomic mass is 10.2. The van der Waals surface area contributed by atoms with Gasteiger partial charge in [-0.25, -0.2) is 4.98 Å². The second-order valence-electron chi connectivity index (χ2n) is 6.45. The molecule has 1 N–H and O–H groups in total. The van der Waals surface area contributed by atoms with Crippen LogP contribution in [0.1, 0.15) is 20.4 Å². The first-order chi connectivity index (χ1) is 14.5. The van der Waals surface area contributed by atoms with E-state index < -0.39 is 0 Å². The third-order valence-electron chi connectivity index (χ3n) is 4.33. The van der Waals surface area contributed by atoms with E-state index in [-0.39, 0.29) is 12.5 Å². The quantitative estimate of drug-likeness (QED) is 0.455. The number of carbonyl (C=O) groups excluding carboxylic acids is 1. The molecule has 0 bridgehead atoms. The van der Waals surface area contributed by atoms with Crippen LogP contribution in [0.2, 0.25) is 0 Å². The number of rotatable bonds is 7. The van der Waals surface area contributed by atoms with Crippen molar-refractivity contribution in [1.29, 1.82) is 0 Å². The number of benzene rings is 1. The van der Waals surface area contributed by atoms with E-state index in [1.807, 2.05) is 38.1 Å². The van der Waals surface area contributed by atoms with Crippen molar-refractivity contribution in [2.45, 2.75) is 13.8 Å². The fourth-order valence-corrected chi connectivity index (χ4v) is 3.75. The van der Waals surface area contributed by atoms with Crippen LogP contribution in [0.25, 0.3) is 17.0 Å². The normalized spacial score (nSPS) is 10.9. The first kappa shape index (κ1) is 19.8. The third kappa shape index (κ3) is 4.08. The molecule has 0 aliphatic rings. The number of aryl methyl sites for hydroxylation is 2. The molecule has 0 aliphatic carbocycles. The Morgan fingerprint density at radius 1 is 1.13 bits per heavy atom. The molecule has 154 valence electrons. The van der Waals surface area contributed by atoms with Gasteiger partial charge in [0.2, 0.25) is 5.88 Å². The lowest BCUT2D eigenvalue weighted by Gasteiger charge is -2.07. The number of nitrogens with one attached hydrogen (secondary N) is 1. The van der Waals surface area contributed by atoms with Crippen molar-refractivity contribution in [2.75, 3.05) is 20.3 Å². The molecule has 3 heterocycles. The first-order valence-corrected chi connectivity index (χ1v) is 10.1. The summed E-state index contributed by atoms with van der Waals surface area (Å²) in [5.41, 5.74) is 2.20. The van der Waals surface area contributed by atoms with Crippen LogP contribution in [0.15, 0.2) is 36.4 Å². The zero-order valence-electron chi connectivity index (χ0n) is 16.7. The highest BCUT2D eigenvalue weighted by Crippen LogP contribution is 2.22. The van der Waals surface area contributed by atoms with Gasteiger partial charge < -0.3 is 14.8 Å². The topological polar surface area (TPSA) is 104 Å². The highest BCUT2D eigenvalue weighted by Gasteiger charge is 2.14. The lowest BCUT2D eigenvalue weighted by Crippen LogP contribution is -2.28. The van der Waals surface area contributed by atoms with Crippen LogP contribution >= 0.6 is 11.3 Å². The Labute approximate surface area is 176 Å². The van der Waals surface area contributed by atoms with Crippen LogP contribution < -0.4 is 14.8 Å². The van der Waals surface area contributed by atoms with Gasteiger partial charge in [0, 0.05) is 11.6 Å². The van der Waals surface area contributed by atoms with E-state index in [2.05, 4.69) is 25.6 Å². The van der Waals surface area contributed by atoms with E-state index in [9.17, 15) is 4.79 Å². The Morgan fingerprint density at radius 3 is 2.63 bits per heavy atom. The van der Waals surface area contributed by atoms with Crippen molar-refractivity contribution in [3.05, 3.63) is 52.0 Å². The lowest BCUT2D eigenvalue weighted by molar-refractivity contribution is 0.0949. The maximum absolute atomic E-state index is 12.2. The molecular weight excluding hydrogens is 404 g/mol. The van der Waals surface area contributed by atoms with Gasteiger partial charge in [-0.3, -0.25) is 4.79 Å². The molecule has 4 aromatic rings. The molecule has 0 saturated heterocycles. The summed E-state index contributed by atoms with van der Waals surface area (Å²) in [5, 5.41) is 16.5. The van der Waals surface area contributed by atoms with Gasteiger partial charge in [0.25, 0.3) is 5.91 Å². The molecule has 1 amide bonds. The Hall–Kier alpha value is -3.53. The predicted molar refractivity (Wildman–Crippen MR) is 112 cm³/mol. The number of ether oxygens (including phenoxy) is 2. The van der Waals surface area contributed by atoms with Crippen LogP contribution in [-0.4, -0.2) is 51.0 Å². The molecule has 10 heteroatoms. The molecule has 0 atom stereocenters. The smallest absolute Gasteiger partial charge is 0.263 e. The van der Waals surface area contributed by atoms with Crippen molar-refractivity contribution < 1.29 is 14.3 Å². The number of amides is 1. The monoisotopic (exact) mass is 424 g/mol. The molecular formula is C20H20N6O3S. The molecule has 0 spiro atoms. The van der Waals surface area contributed by atoms with Crippen LogP contribution in [0.3, 0.4) is 0 Å². The van der Waals surface area contributed by atoms with Crippen LogP contribution in [0.5, 0.6) is 11.6 Å². The molecule has 0 saturated carbocycles. The summed E-state index contributed by atoms with van der Waals surface area (Å²) >= 11 is 1.38. The molecule has 3 aromatic heterocycles. The predicted octanol–water partition coefficient (Wildman–Crippen LogP) is 2.68. The summed E-state index contributed by atoms with van der Waals surface area (Å²) in [4.78, 5) is 17.1. The van der Waals surface area contributed by atoms with Gasteiger partial charge in [-0.05, 0) is 44.2 Å². The summed E-state index contributed by atoms with van der Waals surface area (Å²) < 4.78 is 12.5. The minimum absolute atomic E-state index is 0.147. The summed E-state index contributed by atoms with van der Waals surface area (Å²) in [6, 6.07) is 11.0. The number of hydrogen-bond donors (Lipinski definition) is 1. The van der Waals surface area contributed by atoms with E-state index in [1.165, 1.54) is 11.3 Å². The first-order valence-electron chi connectivity index (χ1n) is 9.27. The fourth-order valence-electron chi connectivity index (χ4n) is 2.91. The largest absolute Gasteiger partial charge is 0.497 e. The Morgan fingerprint density at radius 2 is 1.93 bits per heavy atom. The molecule has 0 fully saturated rings. The number of methoxy groups -OCH3 is 1. The van der Waals surface area contributed by atoms with Crippen molar-refractivity contribution >= 4 is 22.9 Å². The fraction of sp³-hybridized carbons (Fsp3) is 0.250. The third-order valence-corrected chi connectivity index (χ3v) is 5.41. The summed E-state index contributed by atoms with van der Waals surface area (Å²) in [5.74, 6) is 1.62. The molecule has 9 nitrogen and oxygen atoms in total. The number of carbonyl (C=O) groups is 1. The minimum Gasteiger partial charge on any atom is -0.497 e. The van der Waals surface area contributed by atoms with Gasteiger partial charge in [-0.15, -0.1) is 26.6 Å². The van der Waals surface area contributed by atoms with Gasteiger partial charge >= 0.3 is 0 Å². The zero-order chi connectivity index (χ0) is 21.1. The van der Waals surface area contributed by atoms with Crippen molar-refractivity contribution in [3.63, 3.8) is 0 Å². The SMILES string of the molecule is COc1ccc(-c2nnc3ccc(OCCNC(=O)c4sc(C)nc4C)nn23)cc1. The number of nitrogens with zero attached hydrogens (tertiary/aromatic N) is 5. The second kappa shape index (κ2) is 8.46. The highest BCUT2D eigenvalue weighted by atomic mass is 32.1. The number of thiazole rings is 1. The molecule has 30 heavy (non-hydrogen) atoms. The van der Waals surface area contributed by atoms with E-state index in [0.29, 0.717) is 28.8 Å². The van der Waals surface area contributed by atoms with E-state index >= 15 is 0 Å². The maximum Gasteiger partial charge on any atom is 0.263 e. The summed E-state index contributed by atoms with van der Waals surface area (Å²) in [7, 11) is 1.62. The second-order valence-corrected chi connectivity index (χ2v) is 7.65. The molecule has 4 rings (SSSR count). The van der Waals surface area contributed by atoms with Gasteiger partial charge in [-0.1, -0.05) is 0 Å². The summed E-state index contributed by atoms with van der Waals surface area (Å²) in [6.07, 6.45) is 0. The van der Waals surface area contributed by atoms with Crippen LogP contribution in [0, 0.1) is 13.8 Å². The standard InChI is InChI=1S/C20H20N6O3S/c1-12-18(30-13(2)22-12)20(27)21-10-11-29-17-9-8-16-23-24-19(26(16)25-17)14-4-6-15(28-3)7-5-14/h4-9H,10-11H2,1-3H3,(H,21,27). The molecule has 0 aliphatic heterocycles. The number of hydrogen-bond acceptors (Lipinski definition) is 8. The van der Waals surface area contributed by atoms with E-state index in [1.54, 1.807) is 23.8 Å². The Bertz CT molecular complexity index is 1190. The molecule has 0 radical (unpaired) electrons. The average Bonchev–Trinajstić information content (AvgIpc) is 3.33. The van der Waals surface area contributed by atoms with Gasteiger partial charge in [0.1, 0.15) is 17.2 Å². The van der Waals surface area contributed by atoms with Gasteiger partial charge in [0.05, 0.1) is 24.4 Å². The van der Waals surface area contributed by atoms with Gasteiger partial charge in [-0.2, -0.15) is 4.52 Å². The maximum atomic E-state index is 12.2. The number of aromatic nitrogens is 5. The van der Waals surface area contributed by atoms with E-state index in [0.717, 1.165) is 22.0 Å². The minimum atomic E-state index is -0.147. The molecule has 1 aromatic carbocycles. The average molecular weight is 424 g/mol. The Kier molecular flexibility index (Phi) is 5.57. The van der Waals surface area contributed by atoms with Crippen LogP contribution in [0.4, 0.5) is 0 Å². The Balaban J connectivity index is 1.41. The van der Waals surface area contributed by atoms with Gasteiger partial charge in [0.15, 0.2) is 11.5 Å². The highest BCUT2D eigenvalue weighted by molar-refractivity contribution is 7.13.